The van der Waals surface area contributed by atoms with Gasteiger partial charge in [-0.3, -0.25) is 0 Å². The van der Waals surface area contributed by atoms with Gasteiger partial charge >= 0.3 is 0 Å². The molecule has 2 heteroatoms. The van der Waals surface area contributed by atoms with Gasteiger partial charge in [-0.15, -0.1) is 0 Å². The Balaban J connectivity index is 1.78. The van der Waals surface area contributed by atoms with Crippen molar-refractivity contribution >= 4 is 0 Å². The zero-order chi connectivity index (χ0) is 10.4. The highest BCUT2D eigenvalue weighted by Crippen LogP contribution is 2.35. The topological polar surface area (TPSA) is 38.0 Å². The van der Waals surface area contributed by atoms with Crippen LogP contribution < -0.4 is 11.1 Å². The molecule has 0 atom stereocenters. The lowest BCUT2D eigenvalue weighted by molar-refractivity contribution is 0.196. The molecule has 0 radical (unpaired) electrons. The third-order valence-electron chi connectivity index (χ3n) is 3.06. The smallest absolute Gasteiger partial charge is 0.00202 e. The lowest BCUT2D eigenvalue weighted by Crippen LogP contribution is -2.23. The van der Waals surface area contributed by atoms with E-state index in [9.17, 15) is 0 Å². The van der Waals surface area contributed by atoms with Crippen LogP contribution in [0.1, 0.15) is 39.0 Å². The van der Waals surface area contributed by atoms with Gasteiger partial charge in [-0.2, -0.15) is 0 Å². The molecule has 0 aromatic carbocycles. The molecule has 0 aromatic rings. The fourth-order valence-electron chi connectivity index (χ4n) is 2.19. The van der Waals surface area contributed by atoms with Crippen molar-refractivity contribution in [3.05, 3.63) is 12.3 Å². The summed E-state index contributed by atoms with van der Waals surface area (Å²) in [4.78, 5) is 0. The van der Waals surface area contributed by atoms with Crippen LogP contribution in [0.3, 0.4) is 0 Å². The van der Waals surface area contributed by atoms with Gasteiger partial charge in [-0.25, -0.2) is 0 Å². The van der Waals surface area contributed by atoms with Crippen LogP contribution in [0.4, 0.5) is 0 Å². The van der Waals surface area contributed by atoms with Crippen LogP contribution in [0.5, 0.6) is 0 Å². The summed E-state index contributed by atoms with van der Waals surface area (Å²) < 4.78 is 0. The zero-order valence-corrected chi connectivity index (χ0v) is 9.39. The van der Waals surface area contributed by atoms with Gasteiger partial charge in [0, 0.05) is 12.2 Å². The Morgan fingerprint density at radius 3 is 2.71 bits per heavy atom. The van der Waals surface area contributed by atoms with Gasteiger partial charge in [-0.1, -0.05) is 13.5 Å². The van der Waals surface area contributed by atoms with Crippen molar-refractivity contribution in [1.29, 1.82) is 0 Å². The highest BCUT2D eigenvalue weighted by molar-refractivity contribution is 4.86. The fraction of sp³-hybridized carbons (Fsp3) is 0.833. The molecule has 1 aliphatic carbocycles. The Morgan fingerprint density at radius 1 is 1.43 bits per heavy atom. The normalized spacial score (nSPS) is 25.8. The van der Waals surface area contributed by atoms with Crippen LogP contribution in [0.25, 0.3) is 0 Å². The predicted octanol–water partition coefficient (Wildman–Crippen LogP) is 2.26. The number of nitrogens with two attached hydrogens (primary N) is 1. The highest BCUT2D eigenvalue weighted by atomic mass is 14.8. The van der Waals surface area contributed by atoms with Gasteiger partial charge in [0.25, 0.3) is 0 Å². The summed E-state index contributed by atoms with van der Waals surface area (Å²) in [5.41, 5.74) is 6.25. The van der Waals surface area contributed by atoms with Gasteiger partial charge in [0.2, 0.25) is 0 Å². The second kappa shape index (κ2) is 6.07. The summed E-state index contributed by atoms with van der Waals surface area (Å²) in [7, 11) is 0. The number of nitrogens with one attached hydrogen (secondary N) is 1. The maximum atomic E-state index is 5.47. The molecule has 0 amide bonds. The molecule has 0 aromatic heterocycles. The third-order valence-corrected chi connectivity index (χ3v) is 3.06. The quantitative estimate of drug-likeness (QED) is 0.613. The van der Waals surface area contributed by atoms with E-state index in [4.69, 9.17) is 5.73 Å². The highest BCUT2D eigenvalue weighted by Gasteiger charge is 2.24. The van der Waals surface area contributed by atoms with Crippen LogP contribution in [0, 0.1) is 11.8 Å². The molecule has 1 aliphatic rings. The van der Waals surface area contributed by atoms with Crippen molar-refractivity contribution in [2.45, 2.75) is 39.0 Å². The molecule has 82 valence electrons. The Labute approximate surface area is 87.9 Å². The minimum atomic E-state index is 0.783. The van der Waals surface area contributed by atoms with E-state index >= 15 is 0 Å². The lowest BCUT2D eigenvalue weighted by atomic mass is 9.74. The van der Waals surface area contributed by atoms with Crippen LogP contribution in [0.2, 0.25) is 0 Å². The Kier molecular flexibility index (Phi) is 5.02. The SMILES string of the molecule is C=C(N)CCNCCCC1CC(C)C1. The summed E-state index contributed by atoms with van der Waals surface area (Å²) in [6.07, 6.45) is 6.54. The van der Waals surface area contributed by atoms with Gasteiger partial charge in [0.05, 0.1) is 0 Å². The minimum absolute atomic E-state index is 0.783. The molecule has 1 rings (SSSR count). The van der Waals surface area contributed by atoms with E-state index in [1.54, 1.807) is 0 Å². The van der Waals surface area contributed by atoms with E-state index in [2.05, 4.69) is 18.8 Å². The summed E-state index contributed by atoms with van der Waals surface area (Å²) in [5, 5.41) is 3.39. The molecule has 0 unspecified atom stereocenters. The first-order valence-corrected chi connectivity index (χ1v) is 5.82. The van der Waals surface area contributed by atoms with Gasteiger partial charge in [0.1, 0.15) is 0 Å². The molecule has 1 saturated carbocycles. The van der Waals surface area contributed by atoms with Crippen LogP contribution in [-0.4, -0.2) is 13.1 Å². The molecule has 1 fully saturated rings. The summed E-state index contributed by atoms with van der Waals surface area (Å²) in [6, 6.07) is 0. The van der Waals surface area contributed by atoms with Crippen molar-refractivity contribution in [3.8, 4) is 0 Å². The Morgan fingerprint density at radius 2 is 2.14 bits per heavy atom. The maximum Gasteiger partial charge on any atom is 0.00202 e. The van der Waals surface area contributed by atoms with E-state index in [-0.39, 0.29) is 0 Å². The summed E-state index contributed by atoms with van der Waals surface area (Å²) >= 11 is 0. The van der Waals surface area contributed by atoms with Crippen molar-refractivity contribution in [3.63, 3.8) is 0 Å². The third kappa shape index (κ3) is 4.66. The monoisotopic (exact) mass is 196 g/mol. The van der Waals surface area contributed by atoms with Gasteiger partial charge < -0.3 is 11.1 Å². The molecular formula is C12H24N2. The van der Waals surface area contributed by atoms with Gasteiger partial charge in [0.15, 0.2) is 0 Å². The molecule has 0 heterocycles. The largest absolute Gasteiger partial charge is 0.402 e. The minimum Gasteiger partial charge on any atom is -0.402 e. The molecule has 0 spiro atoms. The standard InChI is InChI=1S/C12H24N2/c1-10-8-12(9-10)4-3-6-14-7-5-11(2)13/h10,12,14H,2-9,13H2,1H3. The molecule has 3 N–H and O–H groups in total. The Bertz CT molecular complexity index is 171. The predicted molar refractivity (Wildman–Crippen MR) is 61.9 cm³/mol. The van der Waals surface area contributed by atoms with E-state index in [1.807, 2.05) is 0 Å². The number of rotatable bonds is 7. The summed E-state index contributed by atoms with van der Waals surface area (Å²) in [6.45, 7) is 8.14. The molecule has 0 aliphatic heterocycles. The van der Waals surface area contributed by atoms with E-state index in [0.717, 1.165) is 37.0 Å². The average molecular weight is 196 g/mol. The van der Waals surface area contributed by atoms with Crippen molar-refractivity contribution in [2.75, 3.05) is 13.1 Å². The van der Waals surface area contributed by atoms with E-state index in [0.29, 0.717) is 0 Å². The first-order valence-electron chi connectivity index (χ1n) is 5.82. The molecule has 0 bridgehead atoms. The Hall–Kier alpha value is -0.500. The van der Waals surface area contributed by atoms with Crippen molar-refractivity contribution < 1.29 is 0 Å². The molecular weight excluding hydrogens is 172 g/mol. The fourth-order valence-corrected chi connectivity index (χ4v) is 2.19. The molecule has 0 saturated heterocycles. The molecule has 14 heavy (non-hydrogen) atoms. The van der Waals surface area contributed by atoms with Crippen LogP contribution in [-0.2, 0) is 0 Å². The lowest BCUT2D eigenvalue weighted by Gasteiger charge is -2.32. The average Bonchev–Trinajstić information content (AvgIpc) is 2.07. The van der Waals surface area contributed by atoms with Gasteiger partial charge in [-0.05, 0) is 50.5 Å². The van der Waals surface area contributed by atoms with Crippen LogP contribution >= 0.6 is 0 Å². The first-order chi connectivity index (χ1) is 6.68. The second-order valence-electron chi connectivity index (χ2n) is 4.74. The van der Waals surface area contributed by atoms with E-state index in [1.165, 1.54) is 25.7 Å². The number of hydrogen-bond donors (Lipinski definition) is 2. The van der Waals surface area contributed by atoms with E-state index < -0.39 is 0 Å². The summed E-state index contributed by atoms with van der Waals surface area (Å²) in [5.74, 6) is 2.02. The van der Waals surface area contributed by atoms with Crippen molar-refractivity contribution in [1.82, 2.24) is 5.32 Å². The number of hydrogen-bond acceptors (Lipinski definition) is 2. The second-order valence-corrected chi connectivity index (χ2v) is 4.74. The first kappa shape index (κ1) is 11.6. The van der Waals surface area contributed by atoms with Crippen molar-refractivity contribution in [2.24, 2.45) is 17.6 Å². The molecule has 2 nitrogen and oxygen atoms in total. The zero-order valence-electron chi connectivity index (χ0n) is 9.39. The maximum absolute atomic E-state index is 5.47. The van der Waals surface area contributed by atoms with Crippen LogP contribution in [0.15, 0.2) is 12.3 Å².